The molecule has 0 atom stereocenters. The van der Waals surface area contributed by atoms with Crippen LogP contribution >= 0.6 is 11.6 Å². The Kier molecular flexibility index (Phi) is 7.50. The Morgan fingerprint density at radius 3 is 2.38 bits per heavy atom. The highest BCUT2D eigenvalue weighted by atomic mass is 35.5. The second-order valence-electron chi connectivity index (χ2n) is 6.70. The fourth-order valence-electron chi connectivity index (χ4n) is 2.64. The average Bonchev–Trinajstić information content (AvgIpc) is 2.76. The first-order chi connectivity index (χ1) is 15.3. The Labute approximate surface area is 191 Å². The van der Waals surface area contributed by atoms with E-state index in [1.807, 2.05) is 6.92 Å². The van der Waals surface area contributed by atoms with Crippen molar-refractivity contribution < 1.29 is 22.7 Å². The Morgan fingerprint density at radius 1 is 1.03 bits per heavy atom. The summed E-state index contributed by atoms with van der Waals surface area (Å²) in [4.78, 5) is 14.7. The standard InChI is InChI=1S/C23H21ClN2O5S/c1-3-30-22-14-17(15-25-26-32(28,29)20-11-4-16(2)5-12-20)6-13-21(22)31-23(27)18-7-9-19(24)10-8-18/h4-15,26H,3H2,1-2H3. The van der Waals surface area contributed by atoms with Gasteiger partial charge in [0, 0.05) is 5.02 Å². The maximum absolute atomic E-state index is 12.4. The van der Waals surface area contributed by atoms with Crippen molar-refractivity contribution in [2.24, 2.45) is 5.10 Å². The number of esters is 1. The summed E-state index contributed by atoms with van der Waals surface area (Å²) in [5.74, 6) is -0.0146. The average molecular weight is 473 g/mol. The van der Waals surface area contributed by atoms with Crippen LogP contribution < -0.4 is 14.3 Å². The van der Waals surface area contributed by atoms with Gasteiger partial charge in [0.25, 0.3) is 10.0 Å². The molecule has 1 N–H and O–H groups in total. The maximum Gasteiger partial charge on any atom is 0.343 e. The van der Waals surface area contributed by atoms with Crippen LogP contribution in [0.15, 0.2) is 76.7 Å². The van der Waals surface area contributed by atoms with Crippen molar-refractivity contribution >= 4 is 33.8 Å². The zero-order valence-electron chi connectivity index (χ0n) is 17.4. The molecule has 0 fully saturated rings. The number of nitrogens with one attached hydrogen (secondary N) is 1. The van der Waals surface area contributed by atoms with Gasteiger partial charge in [-0.05, 0) is 74.0 Å². The van der Waals surface area contributed by atoms with Gasteiger partial charge in [-0.15, -0.1) is 0 Å². The lowest BCUT2D eigenvalue weighted by atomic mass is 10.2. The summed E-state index contributed by atoms with van der Waals surface area (Å²) >= 11 is 5.84. The van der Waals surface area contributed by atoms with E-state index in [1.54, 1.807) is 61.5 Å². The number of benzene rings is 3. The van der Waals surface area contributed by atoms with E-state index in [0.29, 0.717) is 28.5 Å². The van der Waals surface area contributed by atoms with Gasteiger partial charge in [0.15, 0.2) is 11.5 Å². The summed E-state index contributed by atoms with van der Waals surface area (Å²) in [6.07, 6.45) is 1.33. The number of hydrazone groups is 1. The molecule has 0 spiro atoms. The molecule has 0 aliphatic rings. The Hall–Kier alpha value is -3.36. The Balaban J connectivity index is 1.74. The molecule has 0 amide bonds. The number of hydrogen-bond acceptors (Lipinski definition) is 6. The SMILES string of the molecule is CCOc1cc(C=NNS(=O)(=O)c2ccc(C)cc2)ccc1OC(=O)c1ccc(Cl)cc1. The van der Waals surface area contributed by atoms with Gasteiger partial charge in [0.05, 0.1) is 23.3 Å². The van der Waals surface area contributed by atoms with E-state index in [-0.39, 0.29) is 10.6 Å². The van der Waals surface area contributed by atoms with E-state index in [0.717, 1.165) is 5.56 Å². The van der Waals surface area contributed by atoms with Crippen LogP contribution in [0.2, 0.25) is 5.02 Å². The van der Waals surface area contributed by atoms with Gasteiger partial charge in [-0.25, -0.2) is 9.63 Å². The predicted molar refractivity (Wildman–Crippen MR) is 123 cm³/mol. The highest BCUT2D eigenvalue weighted by Crippen LogP contribution is 2.29. The van der Waals surface area contributed by atoms with Crippen LogP contribution in [0.1, 0.15) is 28.4 Å². The fourth-order valence-corrected chi connectivity index (χ4v) is 3.56. The molecule has 0 saturated carbocycles. The number of hydrogen-bond donors (Lipinski definition) is 1. The van der Waals surface area contributed by atoms with Crippen LogP contribution in [-0.2, 0) is 10.0 Å². The largest absolute Gasteiger partial charge is 0.490 e. The molecule has 0 heterocycles. The summed E-state index contributed by atoms with van der Waals surface area (Å²) in [5, 5.41) is 4.33. The van der Waals surface area contributed by atoms with Crippen molar-refractivity contribution in [3.8, 4) is 11.5 Å². The zero-order valence-corrected chi connectivity index (χ0v) is 19.0. The van der Waals surface area contributed by atoms with Crippen LogP contribution in [0.5, 0.6) is 11.5 Å². The first kappa shape index (κ1) is 23.3. The number of ether oxygens (including phenoxy) is 2. The first-order valence-corrected chi connectivity index (χ1v) is 11.5. The molecule has 0 aliphatic carbocycles. The normalized spacial score (nSPS) is 11.3. The minimum atomic E-state index is -3.78. The number of carbonyl (C=O) groups is 1. The van der Waals surface area contributed by atoms with Crippen molar-refractivity contribution in [3.05, 3.63) is 88.4 Å². The topological polar surface area (TPSA) is 94.1 Å². The second kappa shape index (κ2) is 10.3. The lowest BCUT2D eigenvalue weighted by Gasteiger charge is -2.11. The third-order valence-electron chi connectivity index (χ3n) is 4.27. The van der Waals surface area contributed by atoms with Crippen LogP contribution in [0, 0.1) is 6.92 Å². The van der Waals surface area contributed by atoms with Gasteiger partial charge < -0.3 is 9.47 Å². The number of nitrogens with zero attached hydrogens (tertiary/aromatic N) is 1. The van der Waals surface area contributed by atoms with Crippen molar-refractivity contribution in [2.45, 2.75) is 18.7 Å². The van der Waals surface area contributed by atoms with Crippen molar-refractivity contribution in [3.63, 3.8) is 0 Å². The van der Waals surface area contributed by atoms with Crippen molar-refractivity contribution in [1.29, 1.82) is 0 Å². The number of halogens is 1. The van der Waals surface area contributed by atoms with Crippen LogP contribution in [-0.4, -0.2) is 27.2 Å². The predicted octanol–water partition coefficient (Wildman–Crippen LogP) is 4.58. The Morgan fingerprint density at radius 2 is 1.72 bits per heavy atom. The number of rotatable bonds is 8. The number of carbonyl (C=O) groups excluding carboxylic acids is 1. The summed E-state index contributed by atoms with van der Waals surface area (Å²) in [7, 11) is -3.78. The maximum atomic E-state index is 12.4. The molecule has 0 aromatic heterocycles. The van der Waals surface area contributed by atoms with E-state index in [2.05, 4.69) is 9.93 Å². The van der Waals surface area contributed by atoms with Crippen LogP contribution in [0.25, 0.3) is 0 Å². The van der Waals surface area contributed by atoms with E-state index in [1.165, 1.54) is 18.3 Å². The lowest BCUT2D eigenvalue weighted by molar-refractivity contribution is 0.0728. The molecule has 0 unspecified atom stereocenters. The fraction of sp³-hybridized carbons (Fsp3) is 0.130. The smallest absolute Gasteiger partial charge is 0.343 e. The third kappa shape index (κ3) is 6.09. The van der Waals surface area contributed by atoms with Crippen molar-refractivity contribution in [2.75, 3.05) is 6.61 Å². The molecule has 0 bridgehead atoms. The Bertz CT molecular complexity index is 1220. The molecule has 32 heavy (non-hydrogen) atoms. The lowest BCUT2D eigenvalue weighted by Crippen LogP contribution is -2.18. The third-order valence-corrected chi connectivity index (χ3v) is 5.76. The molecule has 7 nitrogen and oxygen atoms in total. The second-order valence-corrected chi connectivity index (χ2v) is 8.80. The summed E-state index contributed by atoms with van der Waals surface area (Å²) in [5.41, 5.74) is 1.84. The monoisotopic (exact) mass is 472 g/mol. The highest BCUT2D eigenvalue weighted by molar-refractivity contribution is 7.89. The molecule has 166 valence electrons. The van der Waals surface area contributed by atoms with Gasteiger partial charge >= 0.3 is 5.97 Å². The van der Waals surface area contributed by atoms with Gasteiger partial charge in [-0.3, -0.25) is 0 Å². The molecule has 0 radical (unpaired) electrons. The van der Waals surface area contributed by atoms with Gasteiger partial charge in [-0.1, -0.05) is 29.3 Å². The van der Waals surface area contributed by atoms with E-state index in [4.69, 9.17) is 21.1 Å². The number of sulfonamides is 1. The van der Waals surface area contributed by atoms with Crippen LogP contribution in [0.3, 0.4) is 0 Å². The molecule has 3 rings (SSSR count). The van der Waals surface area contributed by atoms with Crippen molar-refractivity contribution in [1.82, 2.24) is 4.83 Å². The van der Waals surface area contributed by atoms with Gasteiger partial charge in [-0.2, -0.15) is 13.5 Å². The quantitative estimate of drug-likeness (QED) is 0.224. The molecule has 0 aliphatic heterocycles. The van der Waals surface area contributed by atoms with E-state index < -0.39 is 16.0 Å². The minimum Gasteiger partial charge on any atom is -0.490 e. The van der Waals surface area contributed by atoms with Gasteiger partial charge in [0.2, 0.25) is 0 Å². The van der Waals surface area contributed by atoms with E-state index in [9.17, 15) is 13.2 Å². The first-order valence-electron chi connectivity index (χ1n) is 9.64. The molecule has 3 aromatic carbocycles. The molecule has 3 aromatic rings. The molecule has 9 heteroatoms. The van der Waals surface area contributed by atoms with Crippen LogP contribution in [0.4, 0.5) is 0 Å². The van der Waals surface area contributed by atoms with Gasteiger partial charge in [0.1, 0.15) is 0 Å². The molecular formula is C23H21ClN2O5S. The summed E-state index contributed by atoms with van der Waals surface area (Å²) in [6, 6.07) is 17.5. The zero-order chi connectivity index (χ0) is 23.1. The number of aryl methyl sites for hydroxylation is 1. The molecular weight excluding hydrogens is 452 g/mol. The molecule has 0 saturated heterocycles. The highest BCUT2D eigenvalue weighted by Gasteiger charge is 2.14. The van der Waals surface area contributed by atoms with E-state index >= 15 is 0 Å². The minimum absolute atomic E-state index is 0.111. The summed E-state index contributed by atoms with van der Waals surface area (Å²) in [6.45, 7) is 4.00. The summed E-state index contributed by atoms with van der Waals surface area (Å²) < 4.78 is 35.6.